The van der Waals surface area contributed by atoms with Gasteiger partial charge in [0.05, 0.1) is 6.61 Å². The minimum absolute atomic E-state index is 0.706. The van der Waals surface area contributed by atoms with E-state index in [0.717, 1.165) is 6.42 Å². The molecule has 0 fully saturated rings. The van der Waals surface area contributed by atoms with Crippen LogP contribution >= 0.6 is 11.3 Å². The van der Waals surface area contributed by atoms with Gasteiger partial charge in [0.2, 0.25) is 0 Å². The van der Waals surface area contributed by atoms with Crippen LogP contribution in [0.3, 0.4) is 0 Å². The first-order valence-electron chi connectivity index (χ1n) is 5.50. The molecule has 0 spiro atoms. The molecule has 16 heavy (non-hydrogen) atoms. The minimum atomic E-state index is 0.706. The van der Waals surface area contributed by atoms with Gasteiger partial charge in [-0.3, -0.25) is 0 Å². The van der Waals surface area contributed by atoms with Crippen LogP contribution in [0.5, 0.6) is 0 Å². The Kier molecular flexibility index (Phi) is 3.75. The molecule has 0 amide bonds. The summed E-state index contributed by atoms with van der Waals surface area (Å²) in [5, 5.41) is 0. The molecule has 2 rings (SSSR count). The molecule has 1 nitrogen and oxygen atoms in total. The van der Waals surface area contributed by atoms with E-state index >= 15 is 0 Å². The predicted octanol–water partition coefficient (Wildman–Crippen LogP) is 4.12. The Morgan fingerprint density at radius 2 is 1.81 bits per heavy atom. The molecule has 0 saturated heterocycles. The molecule has 0 radical (unpaired) electrons. The van der Waals surface area contributed by atoms with E-state index in [0.29, 0.717) is 6.61 Å². The average molecular weight is 232 g/mol. The van der Waals surface area contributed by atoms with E-state index in [1.165, 1.54) is 20.9 Å². The molecule has 0 bridgehead atoms. The molecule has 2 aromatic rings. The van der Waals surface area contributed by atoms with E-state index in [-0.39, 0.29) is 0 Å². The quantitative estimate of drug-likeness (QED) is 0.770. The zero-order valence-electron chi connectivity index (χ0n) is 9.69. The molecule has 0 N–H and O–H groups in total. The molecular weight excluding hydrogens is 216 g/mol. The van der Waals surface area contributed by atoms with Gasteiger partial charge >= 0.3 is 0 Å². The van der Waals surface area contributed by atoms with Crippen LogP contribution in [-0.4, -0.2) is 7.11 Å². The van der Waals surface area contributed by atoms with Crippen LogP contribution in [0.15, 0.2) is 36.4 Å². The summed E-state index contributed by atoms with van der Waals surface area (Å²) in [4.78, 5) is 2.59. The lowest BCUT2D eigenvalue weighted by molar-refractivity contribution is 0.187. The Morgan fingerprint density at radius 1 is 1.06 bits per heavy atom. The van der Waals surface area contributed by atoms with Crippen molar-refractivity contribution in [2.45, 2.75) is 20.0 Å². The van der Waals surface area contributed by atoms with Crippen molar-refractivity contribution in [3.63, 3.8) is 0 Å². The van der Waals surface area contributed by atoms with Crippen molar-refractivity contribution in [2.24, 2.45) is 0 Å². The van der Waals surface area contributed by atoms with Gasteiger partial charge in [0.15, 0.2) is 0 Å². The summed E-state index contributed by atoms with van der Waals surface area (Å²) >= 11 is 1.80. The number of thiophene rings is 1. The molecule has 0 aliphatic rings. The maximum absolute atomic E-state index is 5.12. The third kappa shape index (κ3) is 2.52. The molecule has 1 aromatic carbocycles. The van der Waals surface area contributed by atoms with Crippen LogP contribution in [0.2, 0.25) is 0 Å². The van der Waals surface area contributed by atoms with Crippen LogP contribution < -0.4 is 0 Å². The van der Waals surface area contributed by atoms with Gasteiger partial charge in [-0.15, -0.1) is 11.3 Å². The molecule has 1 heterocycles. The van der Waals surface area contributed by atoms with E-state index in [2.05, 4.69) is 43.3 Å². The summed E-state index contributed by atoms with van der Waals surface area (Å²) in [6.07, 6.45) is 1.10. The molecule has 2 heteroatoms. The number of benzene rings is 1. The van der Waals surface area contributed by atoms with Crippen molar-refractivity contribution in [2.75, 3.05) is 7.11 Å². The fourth-order valence-corrected chi connectivity index (χ4v) is 2.64. The number of ether oxygens (including phenoxy) is 1. The fourth-order valence-electron chi connectivity index (χ4n) is 1.66. The Bertz CT molecular complexity index is 442. The average Bonchev–Trinajstić information content (AvgIpc) is 2.78. The summed E-state index contributed by atoms with van der Waals surface area (Å²) in [6, 6.07) is 13.1. The van der Waals surface area contributed by atoms with Crippen molar-refractivity contribution >= 4 is 11.3 Å². The van der Waals surface area contributed by atoms with Crippen molar-refractivity contribution in [3.05, 3.63) is 46.8 Å². The van der Waals surface area contributed by atoms with Crippen molar-refractivity contribution < 1.29 is 4.74 Å². The Morgan fingerprint density at radius 3 is 2.44 bits per heavy atom. The zero-order chi connectivity index (χ0) is 11.4. The highest BCUT2D eigenvalue weighted by Crippen LogP contribution is 2.28. The van der Waals surface area contributed by atoms with Crippen LogP contribution in [0.1, 0.15) is 17.4 Å². The smallest absolute Gasteiger partial charge is 0.0805 e. The van der Waals surface area contributed by atoms with Crippen LogP contribution in [0, 0.1) is 0 Å². The number of hydrogen-bond donors (Lipinski definition) is 0. The lowest BCUT2D eigenvalue weighted by atomic mass is 10.1. The van der Waals surface area contributed by atoms with E-state index in [9.17, 15) is 0 Å². The molecular formula is C14H16OS. The van der Waals surface area contributed by atoms with Crippen molar-refractivity contribution in [3.8, 4) is 10.4 Å². The van der Waals surface area contributed by atoms with Gasteiger partial charge in [-0.2, -0.15) is 0 Å². The molecule has 0 aliphatic heterocycles. The van der Waals surface area contributed by atoms with Gasteiger partial charge in [-0.1, -0.05) is 31.2 Å². The van der Waals surface area contributed by atoms with Crippen LogP contribution in [-0.2, 0) is 17.8 Å². The van der Waals surface area contributed by atoms with Crippen molar-refractivity contribution in [1.82, 2.24) is 0 Å². The monoisotopic (exact) mass is 232 g/mol. The third-order valence-electron chi connectivity index (χ3n) is 2.59. The maximum Gasteiger partial charge on any atom is 0.0805 e. The summed E-state index contributed by atoms with van der Waals surface area (Å²) in [6.45, 7) is 2.88. The summed E-state index contributed by atoms with van der Waals surface area (Å²) in [5.41, 5.74) is 2.68. The van der Waals surface area contributed by atoms with Gasteiger partial charge in [-0.05, 0) is 29.7 Å². The van der Waals surface area contributed by atoms with E-state index < -0.39 is 0 Å². The molecule has 0 unspecified atom stereocenters. The van der Waals surface area contributed by atoms with Gasteiger partial charge in [-0.25, -0.2) is 0 Å². The first kappa shape index (κ1) is 11.4. The van der Waals surface area contributed by atoms with E-state index in [4.69, 9.17) is 4.74 Å². The zero-order valence-corrected chi connectivity index (χ0v) is 10.5. The Labute approximate surface area is 101 Å². The summed E-state index contributed by atoms with van der Waals surface area (Å²) in [7, 11) is 1.73. The SMILES string of the molecule is CCc1ccc(-c2ccc(COC)s2)cc1. The van der Waals surface area contributed by atoms with E-state index in [1.807, 2.05) is 0 Å². The number of aryl methyl sites for hydroxylation is 1. The first-order chi connectivity index (χ1) is 7.83. The van der Waals surface area contributed by atoms with Gasteiger partial charge in [0, 0.05) is 16.9 Å². The standard InChI is InChI=1S/C14H16OS/c1-3-11-4-6-12(7-5-11)14-9-8-13(16-14)10-15-2/h4-9H,3,10H2,1-2H3. The lowest BCUT2D eigenvalue weighted by Crippen LogP contribution is -1.80. The highest BCUT2D eigenvalue weighted by Gasteiger charge is 2.02. The highest BCUT2D eigenvalue weighted by atomic mass is 32.1. The molecule has 84 valence electrons. The minimum Gasteiger partial charge on any atom is -0.379 e. The largest absolute Gasteiger partial charge is 0.379 e. The molecule has 0 aliphatic carbocycles. The second-order valence-electron chi connectivity index (χ2n) is 3.75. The summed E-state index contributed by atoms with van der Waals surface area (Å²) < 4.78 is 5.12. The second kappa shape index (κ2) is 5.28. The number of methoxy groups -OCH3 is 1. The van der Waals surface area contributed by atoms with Gasteiger partial charge in [0.25, 0.3) is 0 Å². The highest BCUT2D eigenvalue weighted by molar-refractivity contribution is 7.15. The molecule has 0 atom stereocenters. The summed E-state index contributed by atoms with van der Waals surface area (Å²) in [5.74, 6) is 0. The third-order valence-corrected chi connectivity index (χ3v) is 3.70. The maximum atomic E-state index is 5.12. The lowest BCUT2D eigenvalue weighted by Gasteiger charge is -1.99. The second-order valence-corrected chi connectivity index (χ2v) is 4.92. The van der Waals surface area contributed by atoms with Crippen molar-refractivity contribution in [1.29, 1.82) is 0 Å². The fraction of sp³-hybridized carbons (Fsp3) is 0.286. The van der Waals surface area contributed by atoms with Crippen LogP contribution in [0.25, 0.3) is 10.4 Å². The van der Waals surface area contributed by atoms with E-state index in [1.54, 1.807) is 18.4 Å². The van der Waals surface area contributed by atoms with Gasteiger partial charge in [0.1, 0.15) is 0 Å². The predicted molar refractivity (Wildman–Crippen MR) is 69.8 cm³/mol. The first-order valence-corrected chi connectivity index (χ1v) is 6.32. The topological polar surface area (TPSA) is 9.23 Å². The Balaban J connectivity index is 2.21. The molecule has 0 saturated carbocycles. The normalized spacial score (nSPS) is 10.6. The Hall–Kier alpha value is -1.12. The number of rotatable bonds is 4. The van der Waals surface area contributed by atoms with Gasteiger partial charge < -0.3 is 4.74 Å². The number of hydrogen-bond acceptors (Lipinski definition) is 2. The van der Waals surface area contributed by atoms with Crippen LogP contribution in [0.4, 0.5) is 0 Å². The molecule has 1 aromatic heterocycles.